The van der Waals surface area contributed by atoms with Crippen LogP contribution >= 0.6 is 0 Å². The van der Waals surface area contributed by atoms with Gasteiger partial charge in [-0.05, 0) is 41.9 Å². The van der Waals surface area contributed by atoms with Gasteiger partial charge in [0.2, 0.25) is 0 Å². The third kappa shape index (κ3) is 0.843. The first-order valence-corrected chi connectivity index (χ1v) is 5.62. The molecule has 2 rings (SSSR count). The monoisotopic (exact) mass is 166 g/mol. The fourth-order valence-electron chi connectivity index (χ4n) is 4.02. The molecule has 2 aliphatic carbocycles. The van der Waals surface area contributed by atoms with Gasteiger partial charge in [-0.2, -0.15) is 0 Å². The predicted molar refractivity (Wildman–Crippen MR) is 52.9 cm³/mol. The molecule has 2 aliphatic rings. The predicted octanol–water partition coefficient (Wildman–Crippen LogP) is 3.71. The molecule has 0 bridgehead atoms. The molecule has 5 atom stereocenters. The van der Waals surface area contributed by atoms with Crippen molar-refractivity contribution in [3.63, 3.8) is 0 Å². The molecule has 0 nitrogen and oxygen atoms in total. The van der Waals surface area contributed by atoms with Crippen LogP contribution in [-0.2, 0) is 0 Å². The lowest BCUT2D eigenvalue weighted by atomic mass is 9.80. The Kier molecular flexibility index (Phi) is 1.79. The van der Waals surface area contributed by atoms with E-state index in [4.69, 9.17) is 0 Å². The maximum Gasteiger partial charge on any atom is -0.0235 e. The van der Waals surface area contributed by atoms with Crippen LogP contribution in [0.15, 0.2) is 0 Å². The molecule has 0 heterocycles. The normalized spacial score (nSPS) is 57.0. The zero-order chi connectivity index (χ0) is 8.93. The van der Waals surface area contributed by atoms with Crippen molar-refractivity contribution in [3.05, 3.63) is 0 Å². The second-order valence-electron chi connectivity index (χ2n) is 5.37. The van der Waals surface area contributed by atoms with E-state index >= 15 is 0 Å². The number of rotatable bonds is 2. The Morgan fingerprint density at radius 3 is 2.50 bits per heavy atom. The van der Waals surface area contributed by atoms with E-state index < -0.39 is 0 Å². The summed E-state index contributed by atoms with van der Waals surface area (Å²) in [6.07, 6.45) is 4.37. The lowest BCUT2D eigenvalue weighted by molar-refractivity contribution is 0.241. The minimum absolute atomic E-state index is 0.759. The minimum Gasteiger partial charge on any atom is -0.0654 e. The Bertz CT molecular complexity index is 184. The zero-order valence-electron chi connectivity index (χ0n) is 8.93. The first-order chi connectivity index (χ1) is 5.62. The first kappa shape index (κ1) is 8.59. The van der Waals surface area contributed by atoms with Crippen molar-refractivity contribution in [3.8, 4) is 0 Å². The summed E-state index contributed by atoms with van der Waals surface area (Å²) in [5, 5.41) is 0. The highest BCUT2D eigenvalue weighted by atomic mass is 14.7. The number of hydrogen-bond acceptors (Lipinski definition) is 0. The van der Waals surface area contributed by atoms with Crippen molar-refractivity contribution in [1.29, 1.82) is 0 Å². The average Bonchev–Trinajstić information content (AvgIpc) is 2.39. The van der Waals surface area contributed by atoms with Crippen LogP contribution in [0, 0.1) is 29.1 Å². The highest BCUT2D eigenvalue weighted by Gasteiger charge is 2.66. The van der Waals surface area contributed by atoms with Gasteiger partial charge in [0.1, 0.15) is 0 Å². The Labute approximate surface area is 76.7 Å². The molecule has 4 unspecified atom stereocenters. The van der Waals surface area contributed by atoms with Crippen LogP contribution in [0.4, 0.5) is 0 Å². The molecule has 0 heteroatoms. The summed E-state index contributed by atoms with van der Waals surface area (Å²) in [5.41, 5.74) is 0.759. The van der Waals surface area contributed by atoms with Crippen molar-refractivity contribution in [2.75, 3.05) is 0 Å². The van der Waals surface area contributed by atoms with Crippen LogP contribution < -0.4 is 0 Å². The lowest BCUT2D eigenvalue weighted by Gasteiger charge is -2.25. The Morgan fingerprint density at radius 1 is 1.33 bits per heavy atom. The summed E-state index contributed by atoms with van der Waals surface area (Å²) >= 11 is 0. The van der Waals surface area contributed by atoms with Crippen LogP contribution in [-0.4, -0.2) is 0 Å². The summed E-state index contributed by atoms with van der Waals surface area (Å²) in [5.74, 6) is 4.17. The number of hydrogen-bond donors (Lipinski definition) is 0. The van der Waals surface area contributed by atoms with Crippen LogP contribution in [0.1, 0.15) is 47.0 Å². The fraction of sp³-hybridized carbons (Fsp3) is 1.00. The van der Waals surface area contributed by atoms with Gasteiger partial charge in [0, 0.05) is 0 Å². The van der Waals surface area contributed by atoms with Crippen molar-refractivity contribution in [1.82, 2.24) is 0 Å². The second-order valence-corrected chi connectivity index (χ2v) is 5.37. The molecule has 0 aromatic carbocycles. The maximum absolute atomic E-state index is 2.53. The van der Waals surface area contributed by atoms with Crippen LogP contribution in [0.25, 0.3) is 0 Å². The smallest absolute Gasteiger partial charge is 0.0235 e. The molecule has 12 heavy (non-hydrogen) atoms. The van der Waals surface area contributed by atoms with E-state index in [1.54, 1.807) is 0 Å². The van der Waals surface area contributed by atoms with Gasteiger partial charge in [-0.1, -0.05) is 34.1 Å². The number of fused-ring (bicyclic) bond motifs is 1. The van der Waals surface area contributed by atoms with Gasteiger partial charge in [-0.25, -0.2) is 0 Å². The standard InChI is InChI=1S/C12H22/c1-5-6-10-8(2)7-11-9(3)12(10,11)4/h8-11H,5-7H2,1-4H3/t8-,9?,10?,11?,12?/m1/s1. The molecule has 0 aromatic heterocycles. The minimum atomic E-state index is 0.759. The van der Waals surface area contributed by atoms with Gasteiger partial charge in [-0.3, -0.25) is 0 Å². The molecule has 0 radical (unpaired) electrons. The largest absolute Gasteiger partial charge is 0.0654 e. The zero-order valence-corrected chi connectivity index (χ0v) is 8.93. The van der Waals surface area contributed by atoms with E-state index in [0.717, 1.165) is 29.1 Å². The van der Waals surface area contributed by atoms with Gasteiger partial charge in [0.25, 0.3) is 0 Å². The van der Waals surface area contributed by atoms with Crippen LogP contribution in [0.2, 0.25) is 0 Å². The molecular weight excluding hydrogens is 144 g/mol. The van der Waals surface area contributed by atoms with E-state index in [0.29, 0.717) is 0 Å². The molecule has 70 valence electrons. The van der Waals surface area contributed by atoms with Crippen molar-refractivity contribution in [2.24, 2.45) is 29.1 Å². The lowest BCUT2D eigenvalue weighted by Crippen LogP contribution is -2.17. The summed E-state index contributed by atoms with van der Waals surface area (Å²) in [6, 6.07) is 0. The molecule has 0 aliphatic heterocycles. The van der Waals surface area contributed by atoms with Gasteiger partial charge >= 0.3 is 0 Å². The third-order valence-corrected chi connectivity index (χ3v) is 4.99. The van der Waals surface area contributed by atoms with Crippen molar-refractivity contribution < 1.29 is 0 Å². The van der Waals surface area contributed by atoms with E-state index in [2.05, 4.69) is 27.7 Å². The summed E-state index contributed by atoms with van der Waals surface area (Å²) in [6.45, 7) is 9.78. The molecule has 0 aromatic rings. The molecule has 2 saturated carbocycles. The molecule has 0 amide bonds. The average molecular weight is 166 g/mol. The van der Waals surface area contributed by atoms with Gasteiger partial charge in [0.15, 0.2) is 0 Å². The topological polar surface area (TPSA) is 0 Å². The quantitative estimate of drug-likeness (QED) is 0.586. The molecule has 0 N–H and O–H groups in total. The fourth-order valence-corrected chi connectivity index (χ4v) is 4.02. The van der Waals surface area contributed by atoms with E-state index in [1.165, 1.54) is 19.3 Å². The van der Waals surface area contributed by atoms with Crippen molar-refractivity contribution in [2.45, 2.75) is 47.0 Å². The first-order valence-electron chi connectivity index (χ1n) is 5.62. The highest BCUT2D eigenvalue weighted by Crippen LogP contribution is 2.72. The maximum atomic E-state index is 2.53. The van der Waals surface area contributed by atoms with Gasteiger partial charge in [-0.15, -0.1) is 0 Å². The summed E-state index contributed by atoms with van der Waals surface area (Å²) < 4.78 is 0. The summed E-state index contributed by atoms with van der Waals surface area (Å²) in [4.78, 5) is 0. The van der Waals surface area contributed by atoms with Crippen LogP contribution in [0.3, 0.4) is 0 Å². The third-order valence-electron chi connectivity index (χ3n) is 4.99. The molecule has 0 spiro atoms. The van der Waals surface area contributed by atoms with E-state index in [9.17, 15) is 0 Å². The summed E-state index contributed by atoms with van der Waals surface area (Å²) in [7, 11) is 0. The second kappa shape index (κ2) is 2.49. The van der Waals surface area contributed by atoms with Crippen LogP contribution in [0.5, 0.6) is 0 Å². The Hall–Kier alpha value is 0. The molecular formula is C12H22. The van der Waals surface area contributed by atoms with Crippen molar-refractivity contribution >= 4 is 0 Å². The van der Waals surface area contributed by atoms with E-state index in [-0.39, 0.29) is 0 Å². The SMILES string of the molecule is CCCC1[C@H](C)CC2C(C)C21C. The Balaban J connectivity index is 2.09. The molecule has 2 fully saturated rings. The van der Waals surface area contributed by atoms with Gasteiger partial charge < -0.3 is 0 Å². The van der Waals surface area contributed by atoms with E-state index in [1.807, 2.05) is 0 Å². The Morgan fingerprint density at radius 2 is 2.00 bits per heavy atom. The highest BCUT2D eigenvalue weighted by molar-refractivity contribution is 5.14. The molecule has 0 saturated heterocycles. The van der Waals surface area contributed by atoms with Gasteiger partial charge in [0.05, 0.1) is 0 Å².